The molecular formula is C19H21N3O3. The predicted octanol–water partition coefficient (Wildman–Crippen LogP) is 2.41. The first-order valence-electron chi connectivity index (χ1n) is 8.12. The van der Waals surface area contributed by atoms with Gasteiger partial charge in [0, 0.05) is 18.2 Å². The molecule has 0 aromatic heterocycles. The van der Waals surface area contributed by atoms with Crippen molar-refractivity contribution in [2.45, 2.75) is 18.9 Å². The molecule has 1 aliphatic heterocycles. The lowest BCUT2D eigenvalue weighted by Gasteiger charge is -2.19. The number of amides is 3. The van der Waals surface area contributed by atoms with E-state index in [2.05, 4.69) is 16.0 Å². The Bertz CT molecular complexity index is 756. The largest absolute Gasteiger partial charge is 0.497 e. The Kier molecular flexibility index (Phi) is 4.88. The maximum atomic E-state index is 12.3. The Balaban J connectivity index is 1.68. The van der Waals surface area contributed by atoms with E-state index >= 15 is 0 Å². The van der Waals surface area contributed by atoms with Gasteiger partial charge in [0.1, 0.15) is 11.8 Å². The van der Waals surface area contributed by atoms with Gasteiger partial charge in [-0.05, 0) is 36.8 Å². The van der Waals surface area contributed by atoms with Crippen LogP contribution in [0.3, 0.4) is 0 Å². The highest BCUT2D eigenvalue weighted by Gasteiger charge is 2.36. The SMILES string of the molecule is COc1ccc(C2CNC(=O)[C@@H]2NC(=O)Nc2ccc(C)cc2)cc1. The summed E-state index contributed by atoms with van der Waals surface area (Å²) in [6, 6.07) is 14.0. The van der Waals surface area contributed by atoms with Gasteiger partial charge in [0.2, 0.25) is 5.91 Å². The normalized spacial score (nSPS) is 19.2. The molecule has 3 N–H and O–H groups in total. The molecule has 0 spiro atoms. The number of methoxy groups -OCH3 is 1. The van der Waals surface area contributed by atoms with E-state index in [9.17, 15) is 9.59 Å². The molecule has 130 valence electrons. The predicted molar refractivity (Wildman–Crippen MR) is 95.9 cm³/mol. The lowest BCUT2D eigenvalue weighted by Crippen LogP contribution is -2.44. The minimum atomic E-state index is -0.612. The van der Waals surface area contributed by atoms with Crippen LogP contribution in [0.4, 0.5) is 10.5 Å². The summed E-state index contributed by atoms with van der Waals surface area (Å²) in [5.74, 6) is 0.449. The lowest BCUT2D eigenvalue weighted by atomic mass is 9.94. The Morgan fingerprint density at radius 2 is 1.80 bits per heavy atom. The third-order valence-corrected chi connectivity index (χ3v) is 4.32. The number of carbonyl (C=O) groups excluding carboxylic acids is 2. The number of aryl methyl sites for hydroxylation is 1. The van der Waals surface area contributed by atoms with Gasteiger partial charge in [-0.2, -0.15) is 0 Å². The molecule has 0 radical (unpaired) electrons. The molecule has 2 aromatic carbocycles. The van der Waals surface area contributed by atoms with E-state index in [1.807, 2.05) is 55.5 Å². The Morgan fingerprint density at radius 1 is 1.12 bits per heavy atom. The second-order valence-electron chi connectivity index (χ2n) is 6.07. The first-order valence-corrected chi connectivity index (χ1v) is 8.12. The van der Waals surface area contributed by atoms with E-state index in [-0.39, 0.29) is 11.8 Å². The summed E-state index contributed by atoms with van der Waals surface area (Å²) in [6.07, 6.45) is 0. The van der Waals surface area contributed by atoms with Crippen LogP contribution in [0, 0.1) is 6.92 Å². The number of nitrogens with one attached hydrogen (secondary N) is 3. The summed E-state index contributed by atoms with van der Waals surface area (Å²) in [4.78, 5) is 24.4. The summed E-state index contributed by atoms with van der Waals surface area (Å²) < 4.78 is 5.16. The molecule has 0 bridgehead atoms. The molecule has 2 aromatic rings. The van der Waals surface area contributed by atoms with E-state index < -0.39 is 12.1 Å². The van der Waals surface area contributed by atoms with Crippen molar-refractivity contribution in [1.29, 1.82) is 0 Å². The minimum Gasteiger partial charge on any atom is -0.497 e. The van der Waals surface area contributed by atoms with Crippen molar-refractivity contribution in [3.05, 3.63) is 59.7 Å². The molecule has 1 aliphatic rings. The molecule has 3 amide bonds. The number of hydrogen-bond acceptors (Lipinski definition) is 3. The molecule has 2 atom stereocenters. The van der Waals surface area contributed by atoms with Gasteiger partial charge in [-0.15, -0.1) is 0 Å². The average molecular weight is 339 g/mol. The molecule has 3 rings (SSSR count). The Labute approximate surface area is 146 Å². The summed E-state index contributed by atoms with van der Waals surface area (Å²) in [6.45, 7) is 2.47. The minimum absolute atomic E-state index is 0.123. The van der Waals surface area contributed by atoms with Gasteiger partial charge in [-0.25, -0.2) is 4.79 Å². The maximum absolute atomic E-state index is 12.3. The van der Waals surface area contributed by atoms with Crippen molar-refractivity contribution in [2.75, 3.05) is 19.0 Å². The van der Waals surface area contributed by atoms with Gasteiger partial charge in [-0.3, -0.25) is 4.79 Å². The van der Waals surface area contributed by atoms with Crippen LogP contribution in [0.1, 0.15) is 17.0 Å². The van der Waals surface area contributed by atoms with E-state index in [0.717, 1.165) is 16.9 Å². The van der Waals surface area contributed by atoms with Gasteiger partial charge >= 0.3 is 6.03 Å². The van der Waals surface area contributed by atoms with Gasteiger partial charge < -0.3 is 20.7 Å². The van der Waals surface area contributed by atoms with Crippen molar-refractivity contribution in [3.63, 3.8) is 0 Å². The van der Waals surface area contributed by atoms with Gasteiger partial charge in [0.25, 0.3) is 0 Å². The zero-order chi connectivity index (χ0) is 17.8. The van der Waals surface area contributed by atoms with E-state index in [0.29, 0.717) is 12.2 Å². The number of urea groups is 1. The van der Waals surface area contributed by atoms with Crippen LogP contribution in [0.2, 0.25) is 0 Å². The Hall–Kier alpha value is -3.02. The zero-order valence-corrected chi connectivity index (χ0v) is 14.2. The number of benzene rings is 2. The van der Waals surface area contributed by atoms with Crippen LogP contribution in [0.15, 0.2) is 48.5 Å². The topological polar surface area (TPSA) is 79.5 Å². The van der Waals surface area contributed by atoms with Gasteiger partial charge in [-0.1, -0.05) is 29.8 Å². The average Bonchev–Trinajstić information content (AvgIpc) is 2.98. The molecule has 1 fully saturated rings. The first-order chi connectivity index (χ1) is 12.1. The lowest BCUT2D eigenvalue weighted by molar-refractivity contribution is -0.120. The zero-order valence-electron chi connectivity index (χ0n) is 14.2. The molecule has 1 heterocycles. The van der Waals surface area contributed by atoms with Crippen molar-refractivity contribution < 1.29 is 14.3 Å². The highest BCUT2D eigenvalue weighted by atomic mass is 16.5. The first kappa shape index (κ1) is 16.8. The molecule has 1 saturated heterocycles. The quantitative estimate of drug-likeness (QED) is 0.800. The number of ether oxygens (including phenoxy) is 1. The van der Waals surface area contributed by atoms with Gasteiger partial charge in [0.05, 0.1) is 7.11 Å². The molecule has 0 saturated carbocycles. The van der Waals surface area contributed by atoms with Crippen molar-refractivity contribution in [1.82, 2.24) is 10.6 Å². The van der Waals surface area contributed by atoms with E-state index in [1.165, 1.54) is 0 Å². The van der Waals surface area contributed by atoms with Crippen LogP contribution >= 0.6 is 0 Å². The number of rotatable bonds is 4. The summed E-state index contributed by atoms with van der Waals surface area (Å²) >= 11 is 0. The summed E-state index contributed by atoms with van der Waals surface area (Å²) in [5.41, 5.74) is 2.77. The van der Waals surface area contributed by atoms with Gasteiger partial charge in [0.15, 0.2) is 0 Å². The molecule has 0 aliphatic carbocycles. The molecule has 6 heteroatoms. The fourth-order valence-corrected chi connectivity index (χ4v) is 2.89. The molecular weight excluding hydrogens is 318 g/mol. The maximum Gasteiger partial charge on any atom is 0.319 e. The number of carbonyl (C=O) groups is 2. The van der Waals surface area contributed by atoms with E-state index in [1.54, 1.807) is 7.11 Å². The number of anilines is 1. The van der Waals surface area contributed by atoms with Crippen molar-refractivity contribution in [2.24, 2.45) is 0 Å². The van der Waals surface area contributed by atoms with Crippen molar-refractivity contribution >= 4 is 17.6 Å². The third kappa shape index (κ3) is 3.91. The fraction of sp³-hybridized carbons (Fsp3) is 0.263. The van der Waals surface area contributed by atoms with Crippen LogP contribution in [0.25, 0.3) is 0 Å². The van der Waals surface area contributed by atoms with Crippen LogP contribution < -0.4 is 20.7 Å². The highest BCUT2D eigenvalue weighted by Crippen LogP contribution is 2.25. The number of hydrogen-bond donors (Lipinski definition) is 3. The highest BCUT2D eigenvalue weighted by molar-refractivity contribution is 5.95. The summed E-state index contributed by atoms with van der Waals surface area (Å²) in [5, 5.41) is 8.34. The van der Waals surface area contributed by atoms with Crippen LogP contribution in [0.5, 0.6) is 5.75 Å². The second kappa shape index (κ2) is 7.25. The van der Waals surface area contributed by atoms with Crippen LogP contribution in [-0.4, -0.2) is 31.6 Å². The standard InChI is InChI=1S/C19H21N3O3/c1-12-3-7-14(8-4-12)21-19(24)22-17-16(11-20-18(17)23)13-5-9-15(25-2)10-6-13/h3-10,16-17H,11H2,1-2H3,(H,20,23)(H2,21,22,24)/t16?,17-/m1/s1. The monoisotopic (exact) mass is 339 g/mol. The Morgan fingerprint density at radius 3 is 2.44 bits per heavy atom. The summed E-state index contributed by atoms with van der Waals surface area (Å²) in [7, 11) is 1.61. The fourth-order valence-electron chi connectivity index (χ4n) is 2.89. The third-order valence-electron chi connectivity index (χ3n) is 4.32. The second-order valence-corrected chi connectivity index (χ2v) is 6.07. The van der Waals surface area contributed by atoms with E-state index in [4.69, 9.17) is 4.74 Å². The van der Waals surface area contributed by atoms with Crippen LogP contribution in [-0.2, 0) is 4.79 Å². The molecule has 25 heavy (non-hydrogen) atoms. The smallest absolute Gasteiger partial charge is 0.319 e. The molecule has 1 unspecified atom stereocenters. The molecule has 6 nitrogen and oxygen atoms in total. The van der Waals surface area contributed by atoms with Crippen molar-refractivity contribution in [3.8, 4) is 5.75 Å².